The van der Waals surface area contributed by atoms with E-state index in [1.165, 1.54) is 4.90 Å². The third-order valence-electron chi connectivity index (χ3n) is 5.42. The van der Waals surface area contributed by atoms with Gasteiger partial charge < -0.3 is 4.90 Å². The predicted molar refractivity (Wildman–Crippen MR) is 83.9 cm³/mol. The molecule has 1 aliphatic carbocycles. The average Bonchev–Trinajstić information content (AvgIpc) is 2.78. The first kappa shape index (κ1) is 14.4. The Morgan fingerprint density at radius 2 is 1.48 bits per heavy atom. The normalized spacial score (nSPS) is 22.3. The topological polar surface area (TPSA) is 57.7 Å². The molecule has 0 unspecified atom stereocenters. The molecule has 1 aromatic carbocycles. The number of benzene rings is 1. The van der Waals surface area contributed by atoms with Crippen molar-refractivity contribution < 1.29 is 14.4 Å². The monoisotopic (exact) mass is 312 g/mol. The Morgan fingerprint density at radius 1 is 0.913 bits per heavy atom. The van der Waals surface area contributed by atoms with Gasteiger partial charge in [-0.2, -0.15) is 0 Å². The second-order valence-electron chi connectivity index (χ2n) is 6.71. The van der Waals surface area contributed by atoms with Gasteiger partial charge in [0.2, 0.25) is 5.91 Å². The quantitative estimate of drug-likeness (QED) is 0.786. The average molecular weight is 312 g/mol. The molecule has 1 saturated heterocycles. The fourth-order valence-electron chi connectivity index (χ4n) is 3.80. The number of fused-ring (bicyclic) bond motifs is 1. The van der Waals surface area contributed by atoms with E-state index >= 15 is 0 Å². The number of likely N-dealkylation sites (tertiary alicyclic amines) is 1. The summed E-state index contributed by atoms with van der Waals surface area (Å²) in [5.41, 5.74) is 1.01. The number of nitrogens with zero attached hydrogens (tertiary/aromatic N) is 2. The molecule has 0 N–H and O–H groups in total. The van der Waals surface area contributed by atoms with Crippen LogP contribution in [-0.4, -0.2) is 46.7 Å². The van der Waals surface area contributed by atoms with E-state index in [4.69, 9.17) is 0 Å². The highest BCUT2D eigenvalue weighted by Crippen LogP contribution is 2.31. The van der Waals surface area contributed by atoms with E-state index < -0.39 is 0 Å². The lowest BCUT2D eigenvalue weighted by molar-refractivity contribution is -0.139. The summed E-state index contributed by atoms with van der Waals surface area (Å²) in [6.07, 6.45) is 4.55. The van der Waals surface area contributed by atoms with Gasteiger partial charge in [-0.25, -0.2) is 0 Å². The van der Waals surface area contributed by atoms with Crippen LogP contribution in [-0.2, 0) is 4.79 Å². The first-order valence-electron chi connectivity index (χ1n) is 8.42. The fraction of sp³-hybridized carbons (Fsp3) is 0.500. The van der Waals surface area contributed by atoms with Crippen LogP contribution in [0, 0.1) is 5.92 Å². The van der Waals surface area contributed by atoms with Crippen molar-refractivity contribution in [1.29, 1.82) is 0 Å². The number of carbonyl (C=O) groups is 3. The minimum atomic E-state index is -0.186. The first-order valence-corrected chi connectivity index (χ1v) is 8.42. The van der Waals surface area contributed by atoms with Crippen LogP contribution in [0.15, 0.2) is 24.3 Å². The van der Waals surface area contributed by atoms with Crippen LogP contribution in [0.1, 0.15) is 52.8 Å². The van der Waals surface area contributed by atoms with Gasteiger partial charge in [0, 0.05) is 25.0 Å². The number of imide groups is 1. The van der Waals surface area contributed by atoms with E-state index in [1.807, 2.05) is 4.90 Å². The summed E-state index contributed by atoms with van der Waals surface area (Å²) in [4.78, 5) is 40.6. The Labute approximate surface area is 135 Å². The van der Waals surface area contributed by atoms with Crippen LogP contribution in [0.4, 0.5) is 0 Å². The number of piperidine rings is 1. The highest BCUT2D eigenvalue weighted by Gasteiger charge is 2.41. The summed E-state index contributed by atoms with van der Waals surface area (Å²) in [6, 6.07) is 6.91. The largest absolute Gasteiger partial charge is 0.342 e. The number of hydrogen-bond donors (Lipinski definition) is 0. The molecule has 5 heteroatoms. The lowest BCUT2D eigenvalue weighted by Gasteiger charge is -2.38. The van der Waals surface area contributed by atoms with Crippen molar-refractivity contribution in [2.45, 2.75) is 38.1 Å². The van der Waals surface area contributed by atoms with Gasteiger partial charge >= 0.3 is 0 Å². The zero-order valence-corrected chi connectivity index (χ0v) is 13.0. The second-order valence-corrected chi connectivity index (χ2v) is 6.71. The number of carbonyl (C=O) groups excluding carboxylic acids is 3. The molecule has 5 nitrogen and oxygen atoms in total. The van der Waals surface area contributed by atoms with Crippen molar-refractivity contribution in [1.82, 2.24) is 9.80 Å². The zero-order valence-electron chi connectivity index (χ0n) is 13.0. The van der Waals surface area contributed by atoms with Gasteiger partial charge in [-0.05, 0) is 37.8 Å². The molecule has 0 spiro atoms. The Bertz CT molecular complexity index is 638. The molecule has 2 aliphatic heterocycles. The van der Waals surface area contributed by atoms with Gasteiger partial charge in [-0.3, -0.25) is 19.3 Å². The smallest absolute Gasteiger partial charge is 0.261 e. The number of rotatable bonds is 2. The van der Waals surface area contributed by atoms with E-state index in [0.717, 1.165) is 19.3 Å². The van der Waals surface area contributed by atoms with Crippen LogP contribution in [0.3, 0.4) is 0 Å². The molecular weight excluding hydrogens is 292 g/mol. The molecule has 3 aliphatic rings. The minimum Gasteiger partial charge on any atom is -0.342 e. The lowest BCUT2D eigenvalue weighted by atomic mass is 9.84. The summed E-state index contributed by atoms with van der Waals surface area (Å²) in [7, 11) is 0. The minimum absolute atomic E-state index is 0.0900. The molecule has 2 fully saturated rings. The molecule has 1 aromatic rings. The molecule has 2 heterocycles. The maximum Gasteiger partial charge on any atom is 0.261 e. The van der Waals surface area contributed by atoms with Crippen LogP contribution in [0.25, 0.3) is 0 Å². The Balaban J connectivity index is 1.44. The predicted octanol–water partition coefficient (Wildman–Crippen LogP) is 2.07. The van der Waals surface area contributed by atoms with E-state index in [9.17, 15) is 14.4 Å². The molecule has 23 heavy (non-hydrogen) atoms. The third kappa shape index (κ3) is 2.26. The van der Waals surface area contributed by atoms with E-state index in [2.05, 4.69) is 0 Å². The molecule has 0 atom stereocenters. The highest BCUT2D eigenvalue weighted by atomic mass is 16.2. The molecule has 0 aromatic heterocycles. The van der Waals surface area contributed by atoms with Gasteiger partial charge in [0.1, 0.15) is 0 Å². The van der Waals surface area contributed by atoms with Crippen LogP contribution in [0.2, 0.25) is 0 Å². The van der Waals surface area contributed by atoms with Crippen LogP contribution >= 0.6 is 0 Å². The maximum atomic E-state index is 12.5. The SMILES string of the molecule is O=C(C1CCC1)N1CCC(N2C(=O)c3ccccc3C2=O)CC1. The Morgan fingerprint density at radius 3 is 1.96 bits per heavy atom. The molecule has 4 rings (SSSR count). The Hall–Kier alpha value is -2.17. The number of amides is 3. The summed E-state index contributed by atoms with van der Waals surface area (Å²) < 4.78 is 0. The summed E-state index contributed by atoms with van der Waals surface area (Å²) in [6.45, 7) is 1.29. The zero-order chi connectivity index (χ0) is 16.0. The molecule has 1 saturated carbocycles. The summed E-state index contributed by atoms with van der Waals surface area (Å²) in [5, 5.41) is 0. The van der Waals surface area contributed by atoms with Crippen molar-refractivity contribution >= 4 is 17.7 Å². The van der Waals surface area contributed by atoms with Crippen molar-refractivity contribution in [3.05, 3.63) is 35.4 Å². The lowest BCUT2D eigenvalue weighted by Crippen LogP contribution is -2.50. The van der Waals surface area contributed by atoms with Crippen molar-refractivity contribution in [3.8, 4) is 0 Å². The third-order valence-corrected chi connectivity index (χ3v) is 5.42. The van der Waals surface area contributed by atoms with Gasteiger partial charge in [0.15, 0.2) is 0 Å². The first-order chi connectivity index (χ1) is 11.2. The van der Waals surface area contributed by atoms with Gasteiger partial charge in [-0.1, -0.05) is 18.6 Å². The molecule has 0 bridgehead atoms. The fourth-order valence-corrected chi connectivity index (χ4v) is 3.80. The summed E-state index contributed by atoms with van der Waals surface area (Å²) in [5.74, 6) is 0.103. The van der Waals surface area contributed by atoms with Crippen LogP contribution in [0.5, 0.6) is 0 Å². The molecule has 120 valence electrons. The standard InChI is InChI=1S/C18H20N2O3/c21-16(12-4-3-5-12)19-10-8-13(9-11-19)20-17(22)14-6-1-2-7-15(14)18(20)23/h1-2,6-7,12-13H,3-5,8-11H2. The summed E-state index contributed by atoms with van der Waals surface area (Å²) >= 11 is 0. The van der Waals surface area contributed by atoms with E-state index in [1.54, 1.807) is 24.3 Å². The van der Waals surface area contributed by atoms with Crippen LogP contribution < -0.4 is 0 Å². The molecule has 3 amide bonds. The van der Waals surface area contributed by atoms with Gasteiger partial charge in [0.05, 0.1) is 11.1 Å². The van der Waals surface area contributed by atoms with E-state index in [0.29, 0.717) is 37.1 Å². The van der Waals surface area contributed by atoms with E-state index in [-0.39, 0.29) is 29.7 Å². The van der Waals surface area contributed by atoms with Crippen molar-refractivity contribution in [2.75, 3.05) is 13.1 Å². The van der Waals surface area contributed by atoms with Crippen molar-refractivity contribution in [3.63, 3.8) is 0 Å². The maximum absolute atomic E-state index is 12.5. The van der Waals surface area contributed by atoms with Gasteiger partial charge in [-0.15, -0.1) is 0 Å². The van der Waals surface area contributed by atoms with Gasteiger partial charge in [0.25, 0.3) is 11.8 Å². The molecular formula is C18H20N2O3. The highest BCUT2D eigenvalue weighted by molar-refractivity contribution is 6.21. The van der Waals surface area contributed by atoms with Crippen molar-refractivity contribution in [2.24, 2.45) is 5.92 Å². The number of hydrogen-bond acceptors (Lipinski definition) is 3. The second kappa shape index (κ2) is 5.48. The Kier molecular flexibility index (Phi) is 3.43. The molecule has 0 radical (unpaired) electrons.